The van der Waals surface area contributed by atoms with E-state index in [9.17, 15) is 9.59 Å². The van der Waals surface area contributed by atoms with Crippen LogP contribution in [0.5, 0.6) is 0 Å². The monoisotopic (exact) mass is 353 g/mol. The van der Waals surface area contributed by atoms with E-state index in [1.165, 1.54) is 0 Å². The molecule has 3 heterocycles. The van der Waals surface area contributed by atoms with Crippen LogP contribution in [0.25, 0.3) is 0 Å². The minimum atomic E-state index is -0.640. The van der Waals surface area contributed by atoms with Gasteiger partial charge in [-0.25, -0.2) is 0 Å². The molecule has 1 saturated heterocycles. The molecule has 2 aromatic rings. The Balaban J connectivity index is 1.58. The van der Waals surface area contributed by atoms with Crippen molar-refractivity contribution in [1.82, 2.24) is 20.0 Å². The van der Waals surface area contributed by atoms with E-state index in [0.717, 1.165) is 37.1 Å². The topological polar surface area (TPSA) is 93.3 Å². The second-order valence-electron chi connectivity index (χ2n) is 7.01. The van der Waals surface area contributed by atoms with Crippen LogP contribution in [0.3, 0.4) is 0 Å². The normalized spacial score (nSPS) is 22.7. The van der Waals surface area contributed by atoms with Gasteiger partial charge in [-0.1, -0.05) is 24.3 Å². The summed E-state index contributed by atoms with van der Waals surface area (Å²) in [5.41, 5.74) is 8.07. The zero-order valence-electron chi connectivity index (χ0n) is 14.6. The molecule has 3 N–H and O–H groups in total. The smallest absolute Gasteiger partial charge is 0.275 e. The highest BCUT2D eigenvalue weighted by molar-refractivity contribution is 5.96. The SMILES string of the molecule is NC(=O)C1Cc2ccccc2CN1C(=O)c1ccn(C2CCCNC2)n1. The van der Waals surface area contributed by atoms with Crippen LogP contribution in [-0.2, 0) is 17.8 Å². The molecule has 0 bridgehead atoms. The Hall–Kier alpha value is -2.67. The second kappa shape index (κ2) is 6.92. The Morgan fingerprint density at radius 1 is 1.19 bits per heavy atom. The average Bonchev–Trinajstić information content (AvgIpc) is 3.17. The molecular weight excluding hydrogens is 330 g/mol. The Kier molecular flexibility index (Phi) is 4.46. The first-order valence-electron chi connectivity index (χ1n) is 9.06. The van der Waals surface area contributed by atoms with Gasteiger partial charge in [0.1, 0.15) is 11.7 Å². The highest BCUT2D eigenvalue weighted by atomic mass is 16.2. The molecule has 1 aromatic carbocycles. The van der Waals surface area contributed by atoms with Gasteiger partial charge < -0.3 is 16.0 Å². The number of carbonyl (C=O) groups is 2. The van der Waals surface area contributed by atoms with Gasteiger partial charge in [-0.15, -0.1) is 0 Å². The fourth-order valence-electron chi connectivity index (χ4n) is 3.85. The summed E-state index contributed by atoms with van der Waals surface area (Å²) in [5, 5.41) is 7.84. The van der Waals surface area contributed by atoms with Gasteiger partial charge in [-0.3, -0.25) is 14.3 Å². The molecule has 2 aliphatic heterocycles. The number of hydrogen-bond donors (Lipinski definition) is 2. The van der Waals surface area contributed by atoms with Crippen LogP contribution in [0.4, 0.5) is 0 Å². The quantitative estimate of drug-likeness (QED) is 0.856. The Morgan fingerprint density at radius 3 is 2.73 bits per heavy atom. The lowest BCUT2D eigenvalue weighted by Gasteiger charge is -2.34. The maximum absolute atomic E-state index is 13.0. The molecule has 0 aliphatic carbocycles. The number of nitrogens with zero attached hydrogens (tertiary/aromatic N) is 3. The Bertz CT molecular complexity index is 825. The molecule has 7 nitrogen and oxygen atoms in total. The first-order chi connectivity index (χ1) is 12.6. The number of nitrogens with two attached hydrogens (primary N) is 1. The van der Waals surface area contributed by atoms with Gasteiger partial charge in [0.2, 0.25) is 5.91 Å². The predicted molar refractivity (Wildman–Crippen MR) is 96.4 cm³/mol. The summed E-state index contributed by atoms with van der Waals surface area (Å²) in [4.78, 5) is 26.6. The first kappa shape index (κ1) is 16.8. The summed E-state index contributed by atoms with van der Waals surface area (Å²) < 4.78 is 1.86. The fourth-order valence-corrected chi connectivity index (χ4v) is 3.85. The maximum atomic E-state index is 13.0. The van der Waals surface area contributed by atoms with Gasteiger partial charge in [0.15, 0.2) is 0 Å². The summed E-state index contributed by atoms with van der Waals surface area (Å²) in [6.45, 7) is 2.26. The van der Waals surface area contributed by atoms with Crippen molar-refractivity contribution < 1.29 is 9.59 Å². The van der Waals surface area contributed by atoms with Crippen molar-refractivity contribution >= 4 is 11.8 Å². The van der Waals surface area contributed by atoms with Crippen LogP contribution in [0.2, 0.25) is 0 Å². The number of fused-ring (bicyclic) bond motifs is 1. The van der Waals surface area contributed by atoms with Crippen molar-refractivity contribution in [3.8, 4) is 0 Å². The molecule has 0 spiro atoms. The number of piperidine rings is 1. The Morgan fingerprint density at radius 2 is 2.00 bits per heavy atom. The zero-order valence-corrected chi connectivity index (χ0v) is 14.6. The molecule has 136 valence electrons. The number of benzene rings is 1. The highest BCUT2D eigenvalue weighted by Gasteiger charge is 2.34. The third kappa shape index (κ3) is 3.10. The van der Waals surface area contributed by atoms with Crippen LogP contribution >= 0.6 is 0 Å². The fraction of sp³-hybridized carbons (Fsp3) is 0.421. The van der Waals surface area contributed by atoms with Gasteiger partial charge in [-0.05, 0) is 36.6 Å². The zero-order chi connectivity index (χ0) is 18.1. The number of hydrogen-bond acceptors (Lipinski definition) is 4. The number of rotatable bonds is 3. The van der Waals surface area contributed by atoms with Crippen LogP contribution in [0.15, 0.2) is 36.5 Å². The highest BCUT2D eigenvalue weighted by Crippen LogP contribution is 2.25. The molecule has 0 saturated carbocycles. The minimum Gasteiger partial charge on any atom is -0.368 e. The molecule has 2 atom stereocenters. The molecular formula is C19H23N5O2. The maximum Gasteiger partial charge on any atom is 0.275 e. The predicted octanol–water partition coefficient (Wildman–Crippen LogP) is 0.860. The number of nitrogens with one attached hydrogen (secondary N) is 1. The second-order valence-corrected chi connectivity index (χ2v) is 7.01. The van der Waals surface area contributed by atoms with Crippen LogP contribution in [0.1, 0.15) is 40.5 Å². The van der Waals surface area contributed by atoms with Crippen LogP contribution < -0.4 is 11.1 Å². The molecule has 2 unspecified atom stereocenters. The summed E-state index contributed by atoms with van der Waals surface area (Å²) >= 11 is 0. The minimum absolute atomic E-state index is 0.245. The lowest BCUT2D eigenvalue weighted by atomic mass is 9.93. The Labute approximate surface area is 152 Å². The molecule has 0 radical (unpaired) electrons. The molecule has 2 aliphatic rings. The molecule has 2 amide bonds. The summed E-state index contributed by atoms with van der Waals surface area (Å²) in [7, 11) is 0. The van der Waals surface area contributed by atoms with Crippen molar-refractivity contribution in [3.05, 3.63) is 53.3 Å². The van der Waals surface area contributed by atoms with E-state index >= 15 is 0 Å². The third-order valence-corrected chi connectivity index (χ3v) is 5.31. The van der Waals surface area contributed by atoms with Gasteiger partial charge >= 0.3 is 0 Å². The van der Waals surface area contributed by atoms with E-state index in [1.54, 1.807) is 11.0 Å². The van der Waals surface area contributed by atoms with Crippen molar-refractivity contribution in [2.45, 2.75) is 37.9 Å². The largest absolute Gasteiger partial charge is 0.368 e. The number of amides is 2. The first-order valence-corrected chi connectivity index (χ1v) is 9.06. The van der Waals surface area contributed by atoms with Crippen LogP contribution in [0, 0.1) is 0 Å². The lowest BCUT2D eigenvalue weighted by Crippen LogP contribution is -2.51. The van der Waals surface area contributed by atoms with Crippen molar-refractivity contribution in [2.24, 2.45) is 5.73 Å². The van der Waals surface area contributed by atoms with Gasteiger partial charge in [0, 0.05) is 25.7 Å². The van der Waals surface area contributed by atoms with E-state index in [0.29, 0.717) is 18.7 Å². The summed E-state index contributed by atoms with van der Waals surface area (Å²) in [5.74, 6) is -0.727. The van der Waals surface area contributed by atoms with Crippen molar-refractivity contribution in [3.63, 3.8) is 0 Å². The van der Waals surface area contributed by atoms with Gasteiger partial charge in [-0.2, -0.15) is 5.10 Å². The molecule has 4 rings (SSSR count). The third-order valence-electron chi connectivity index (χ3n) is 5.31. The standard InChI is InChI=1S/C19H23N5O2/c20-18(25)17-10-13-4-1-2-5-14(13)12-23(17)19(26)16-7-9-24(22-16)15-6-3-8-21-11-15/h1-2,4-5,7,9,15,17,21H,3,6,8,10-12H2,(H2,20,25). The van der Waals surface area contributed by atoms with E-state index in [-0.39, 0.29) is 11.9 Å². The van der Waals surface area contributed by atoms with Crippen LogP contribution in [-0.4, -0.2) is 45.6 Å². The van der Waals surface area contributed by atoms with E-state index in [4.69, 9.17) is 5.73 Å². The van der Waals surface area contributed by atoms with Gasteiger partial charge in [0.25, 0.3) is 5.91 Å². The number of aromatic nitrogens is 2. The van der Waals surface area contributed by atoms with Crippen molar-refractivity contribution in [1.29, 1.82) is 0 Å². The summed E-state index contributed by atoms with van der Waals surface area (Å²) in [6.07, 6.45) is 4.44. The average molecular weight is 353 g/mol. The van der Waals surface area contributed by atoms with E-state index in [1.807, 2.05) is 35.1 Å². The molecule has 1 fully saturated rings. The summed E-state index contributed by atoms with van der Waals surface area (Å²) in [6, 6.07) is 9.20. The van der Waals surface area contributed by atoms with Gasteiger partial charge in [0.05, 0.1) is 6.04 Å². The van der Waals surface area contributed by atoms with E-state index in [2.05, 4.69) is 10.4 Å². The van der Waals surface area contributed by atoms with Crippen molar-refractivity contribution in [2.75, 3.05) is 13.1 Å². The number of carbonyl (C=O) groups excluding carboxylic acids is 2. The lowest BCUT2D eigenvalue weighted by molar-refractivity contribution is -0.122. The molecule has 7 heteroatoms. The molecule has 26 heavy (non-hydrogen) atoms. The number of primary amides is 1. The molecule has 1 aromatic heterocycles. The van der Waals surface area contributed by atoms with E-state index < -0.39 is 11.9 Å².